The maximum atomic E-state index is 2.81. The molecule has 3 heteroatoms. The Kier molecular flexibility index (Phi) is 5.76. The van der Waals surface area contributed by atoms with E-state index in [-0.39, 0.29) is 0 Å². The summed E-state index contributed by atoms with van der Waals surface area (Å²) >= 11 is 0.320. The maximum absolute atomic E-state index is 2.81. The van der Waals surface area contributed by atoms with E-state index in [0.717, 1.165) is 23.8 Å². The van der Waals surface area contributed by atoms with Crippen LogP contribution in [0.15, 0.2) is 0 Å². The van der Waals surface area contributed by atoms with Gasteiger partial charge in [0.1, 0.15) is 0 Å². The Labute approximate surface area is 124 Å². The molecule has 0 aliphatic carbocycles. The molecule has 2 aliphatic heterocycles. The molecule has 2 heterocycles. The van der Waals surface area contributed by atoms with Gasteiger partial charge in [-0.3, -0.25) is 0 Å². The van der Waals surface area contributed by atoms with E-state index in [1.165, 1.54) is 45.4 Å². The first kappa shape index (κ1) is 15.0. The number of likely N-dealkylation sites (tertiary alicyclic amines) is 1. The Hall–Kier alpha value is 0.650. The second-order valence-electron chi connectivity index (χ2n) is 6.49. The molecule has 108 valence electrons. The third-order valence-corrected chi connectivity index (χ3v) is 7.28. The molecule has 0 amide bonds. The van der Waals surface area contributed by atoms with Crippen LogP contribution in [-0.4, -0.2) is 45.2 Å². The van der Waals surface area contributed by atoms with Crippen LogP contribution < -0.4 is 21.5 Å². The summed E-state index contributed by atoms with van der Waals surface area (Å²) in [5.74, 6) is 2.75. The molecule has 0 N–H and O–H groups in total. The van der Waals surface area contributed by atoms with E-state index in [2.05, 4.69) is 33.7 Å². The number of alkyl halides is 1. The number of hydrogen-bond donors (Lipinski definition) is 0. The Morgan fingerprint density at radius 1 is 1.06 bits per heavy atom. The van der Waals surface area contributed by atoms with E-state index in [1.54, 1.807) is 0 Å². The van der Waals surface area contributed by atoms with Gasteiger partial charge in [0.05, 0.1) is 0 Å². The van der Waals surface area contributed by atoms with Crippen molar-refractivity contribution in [1.29, 1.82) is 0 Å². The van der Waals surface area contributed by atoms with Crippen LogP contribution in [0, 0.1) is 17.8 Å². The molecule has 2 atom stereocenters. The molecule has 0 radical (unpaired) electrons. The first-order chi connectivity index (χ1) is 8.61. The van der Waals surface area contributed by atoms with Crippen molar-refractivity contribution in [2.75, 3.05) is 31.1 Å². The van der Waals surface area contributed by atoms with Gasteiger partial charge in [-0.1, -0.05) is 0 Å². The SMILES string of the molecule is C[I-]N1CC[C@@H](N2CCC(C(C)C)CC2)[C@@H](C)C1. The summed E-state index contributed by atoms with van der Waals surface area (Å²) in [5, 5.41) is 0. The summed E-state index contributed by atoms with van der Waals surface area (Å²) in [4.78, 5) is 5.22. The second-order valence-corrected chi connectivity index (χ2v) is 8.82. The molecule has 0 saturated carbocycles. The van der Waals surface area contributed by atoms with Crippen molar-refractivity contribution in [3.8, 4) is 0 Å². The van der Waals surface area contributed by atoms with Gasteiger partial charge in [-0.05, 0) is 0 Å². The van der Waals surface area contributed by atoms with E-state index in [0.29, 0.717) is 21.5 Å². The zero-order valence-corrected chi connectivity index (χ0v) is 14.7. The molecule has 0 aromatic heterocycles. The molecule has 0 bridgehead atoms. The van der Waals surface area contributed by atoms with Crippen molar-refractivity contribution < 1.29 is 21.5 Å². The summed E-state index contributed by atoms with van der Waals surface area (Å²) < 4.78 is 2.72. The van der Waals surface area contributed by atoms with Crippen molar-refractivity contribution in [3.05, 3.63) is 0 Å². The van der Waals surface area contributed by atoms with Crippen molar-refractivity contribution in [2.45, 2.75) is 46.1 Å². The Morgan fingerprint density at radius 2 is 1.72 bits per heavy atom. The summed E-state index contributed by atoms with van der Waals surface area (Å²) in [6, 6.07) is 0.880. The fourth-order valence-electron chi connectivity index (χ4n) is 3.70. The van der Waals surface area contributed by atoms with Gasteiger partial charge < -0.3 is 0 Å². The molecular weight excluding hydrogens is 335 g/mol. The molecule has 0 aromatic rings. The molecule has 2 nitrogen and oxygen atoms in total. The average molecular weight is 365 g/mol. The number of rotatable bonds is 3. The molecule has 0 spiro atoms. The van der Waals surface area contributed by atoms with Crippen LogP contribution >= 0.6 is 0 Å². The van der Waals surface area contributed by atoms with Crippen LogP contribution in [0.2, 0.25) is 0 Å². The zero-order chi connectivity index (χ0) is 13.1. The second kappa shape index (κ2) is 6.89. The molecule has 2 fully saturated rings. The van der Waals surface area contributed by atoms with Gasteiger partial charge in [-0.25, -0.2) is 0 Å². The topological polar surface area (TPSA) is 6.48 Å². The predicted molar refractivity (Wildman–Crippen MR) is 74.2 cm³/mol. The van der Waals surface area contributed by atoms with Gasteiger partial charge in [0.25, 0.3) is 0 Å². The number of piperidine rings is 2. The normalized spacial score (nSPS) is 33.4. The molecule has 0 aromatic carbocycles. The van der Waals surface area contributed by atoms with Crippen LogP contribution in [0.4, 0.5) is 0 Å². The molecule has 2 rings (SSSR count). The molecule has 0 unspecified atom stereocenters. The van der Waals surface area contributed by atoms with Gasteiger partial charge in [0, 0.05) is 0 Å². The monoisotopic (exact) mass is 365 g/mol. The van der Waals surface area contributed by atoms with Gasteiger partial charge in [-0.15, -0.1) is 0 Å². The molecular formula is C15H30IN2-. The fraction of sp³-hybridized carbons (Fsp3) is 1.00. The summed E-state index contributed by atoms with van der Waals surface area (Å²) in [7, 11) is 0. The Balaban J connectivity index is 1.83. The number of hydrogen-bond acceptors (Lipinski definition) is 2. The van der Waals surface area contributed by atoms with Crippen molar-refractivity contribution in [3.63, 3.8) is 0 Å². The van der Waals surface area contributed by atoms with Gasteiger partial charge in [0.15, 0.2) is 0 Å². The first-order valence-corrected chi connectivity index (χ1v) is 10.7. The van der Waals surface area contributed by atoms with Crippen LogP contribution in [0.25, 0.3) is 0 Å². The predicted octanol–water partition coefficient (Wildman–Crippen LogP) is -0.301. The van der Waals surface area contributed by atoms with Crippen molar-refractivity contribution >= 4 is 0 Å². The standard InChI is InChI=1S/C15H30IN2/c1-12(2)14-5-8-17(9-6-14)15-7-10-18(16-4)11-13(15)3/h12-15H,5-11H2,1-4H3/q-1/t13-,15+/m0/s1. The van der Waals surface area contributed by atoms with E-state index in [1.807, 2.05) is 0 Å². The number of halogens is 1. The van der Waals surface area contributed by atoms with Gasteiger partial charge in [0.2, 0.25) is 0 Å². The number of nitrogens with zero attached hydrogens (tertiary/aromatic N) is 2. The van der Waals surface area contributed by atoms with Crippen LogP contribution in [0.5, 0.6) is 0 Å². The van der Waals surface area contributed by atoms with Crippen LogP contribution in [0.1, 0.15) is 40.0 Å². The minimum atomic E-state index is 0.320. The zero-order valence-electron chi connectivity index (χ0n) is 12.5. The minimum absolute atomic E-state index is 0.320. The third-order valence-electron chi connectivity index (χ3n) is 5.04. The van der Waals surface area contributed by atoms with Crippen LogP contribution in [0.3, 0.4) is 0 Å². The average Bonchev–Trinajstić information content (AvgIpc) is 2.38. The molecule has 2 aliphatic rings. The summed E-state index contributed by atoms with van der Waals surface area (Å²) in [6.07, 6.45) is 4.29. The first-order valence-electron chi connectivity index (χ1n) is 7.60. The van der Waals surface area contributed by atoms with Gasteiger partial charge in [-0.2, -0.15) is 0 Å². The van der Waals surface area contributed by atoms with Gasteiger partial charge >= 0.3 is 124 Å². The quantitative estimate of drug-likeness (QED) is 0.385. The van der Waals surface area contributed by atoms with E-state index < -0.39 is 0 Å². The van der Waals surface area contributed by atoms with Crippen molar-refractivity contribution in [1.82, 2.24) is 8.01 Å². The Morgan fingerprint density at radius 3 is 2.22 bits per heavy atom. The van der Waals surface area contributed by atoms with E-state index in [9.17, 15) is 0 Å². The summed E-state index contributed by atoms with van der Waals surface area (Å²) in [5.41, 5.74) is 0. The van der Waals surface area contributed by atoms with E-state index in [4.69, 9.17) is 0 Å². The van der Waals surface area contributed by atoms with Crippen molar-refractivity contribution in [2.24, 2.45) is 17.8 Å². The third kappa shape index (κ3) is 3.60. The summed E-state index contributed by atoms with van der Waals surface area (Å²) in [6.45, 7) is 12.7. The molecule has 2 saturated heterocycles. The molecule has 18 heavy (non-hydrogen) atoms. The van der Waals surface area contributed by atoms with E-state index >= 15 is 0 Å². The fourth-order valence-corrected chi connectivity index (χ4v) is 5.47. The Bertz CT molecular complexity index is 249. The van der Waals surface area contributed by atoms with Crippen LogP contribution in [-0.2, 0) is 0 Å².